The summed E-state index contributed by atoms with van der Waals surface area (Å²) in [5.41, 5.74) is 2.02. The van der Waals surface area contributed by atoms with Gasteiger partial charge < -0.3 is 5.32 Å². The van der Waals surface area contributed by atoms with E-state index >= 15 is 0 Å². The van der Waals surface area contributed by atoms with Crippen molar-refractivity contribution in [3.05, 3.63) is 36.2 Å². The van der Waals surface area contributed by atoms with E-state index in [0.717, 1.165) is 12.0 Å². The number of alkyl halides is 2. The average molecular weight is 307 g/mol. The predicted octanol–water partition coefficient (Wildman–Crippen LogP) is 5.28. The molecular formula is C17H23F2N3. The number of nitrogens with zero attached hydrogens (tertiary/aromatic N) is 2. The number of rotatable bonds is 6. The molecule has 1 unspecified atom stereocenters. The molecule has 22 heavy (non-hydrogen) atoms. The molecule has 1 atom stereocenters. The lowest BCUT2D eigenvalue weighted by Gasteiger charge is -2.14. The maximum Gasteiger partial charge on any atom is 0.264 e. The first-order valence-corrected chi connectivity index (χ1v) is 7.65. The molecule has 3 nitrogen and oxygen atoms in total. The second-order valence-electron chi connectivity index (χ2n) is 5.87. The van der Waals surface area contributed by atoms with Crippen molar-refractivity contribution in [2.45, 2.75) is 52.6 Å². The number of benzene rings is 1. The van der Waals surface area contributed by atoms with Crippen LogP contribution in [-0.2, 0) is 0 Å². The molecular weight excluding hydrogens is 284 g/mol. The predicted molar refractivity (Wildman–Crippen MR) is 86.4 cm³/mol. The molecule has 0 saturated heterocycles. The van der Waals surface area contributed by atoms with E-state index in [9.17, 15) is 8.78 Å². The van der Waals surface area contributed by atoms with E-state index < -0.39 is 6.43 Å². The molecule has 0 aliphatic carbocycles. The highest BCUT2D eigenvalue weighted by Crippen LogP contribution is 2.33. The molecule has 2 rings (SSSR count). The van der Waals surface area contributed by atoms with Gasteiger partial charge in [-0.1, -0.05) is 13.0 Å². The van der Waals surface area contributed by atoms with Gasteiger partial charge in [0.05, 0.1) is 6.20 Å². The number of anilines is 1. The Morgan fingerprint density at radius 3 is 2.55 bits per heavy atom. The third-order valence-corrected chi connectivity index (χ3v) is 3.70. The number of hydrogen-bond acceptors (Lipinski definition) is 2. The molecule has 0 aliphatic rings. The molecule has 5 heteroatoms. The van der Waals surface area contributed by atoms with Crippen LogP contribution < -0.4 is 5.32 Å². The van der Waals surface area contributed by atoms with Crippen LogP contribution in [0.15, 0.2) is 30.6 Å². The zero-order valence-corrected chi connectivity index (χ0v) is 13.5. The van der Waals surface area contributed by atoms with Crippen LogP contribution in [0.25, 0.3) is 11.1 Å². The Labute approximate surface area is 130 Å². The summed E-state index contributed by atoms with van der Waals surface area (Å²) < 4.78 is 28.6. The second kappa shape index (κ2) is 6.90. The van der Waals surface area contributed by atoms with Gasteiger partial charge in [0.15, 0.2) is 0 Å². The largest absolute Gasteiger partial charge is 0.383 e. The lowest BCUT2D eigenvalue weighted by Crippen LogP contribution is -2.10. The Morgan fingerprint density at radius 1 is 1.23 bits per heavy atom. The minimum Gasteiger partial charge on any atom is -0.383 e. The minimum atomic E-state index is -2.52. The van der Waals surface area contributed by atoms with Crippen molar-refractivity contribution in [2.24, 2.45) is 0 Å². The fraction of sp³-hybridized carbons (Fsp3) is 0.471. The first-order valence-electron chi connectivity index (χ1n) is 7.65. The first kappa shape index (κ1) is 16.5. The summed E-state index contributed by atoms with van der Waals surface area (Å²) in [5, 5.41) is 7.45. The number of halogens is 2. The van der Waals surface area contributed by atoms with Gasteiger partial charge in [-0.25, -0.2) is 8.78 Å². The zero-order chi connectivity index (χ0) is 16.3. The van der Waals surface area contributed by atoms with Crippen LogP contribution >= 0.6 is 0 Å². The molecule has 120 valence electrons. The lowest BCUT2D eigenvalue weighted by atomic mass is 10.0. The van der Waals surface area contributed by atoms with Gasteiger partial charge in [0, 0.05) is 35.1 Å². The minimum absolute atomic E-state index is 0.0364. The van der Waals surface area contributed by atoms with E-state index in [1.807, 2.05) is 30.8 Å². The Kier molecular flexibility index (Phi) is 5.16. The lowest BCUT2D eigenvalue weighted by molar-refractivity contribution is 0.152. The summed E-state index contributed by atoms with van der Waals surface area (Å²) in [7, 11) is 0. The topological polar surface area (TPSA) is 29.9 Å². The Bertz CT molecular complexity index is 620. The van der Waals surface area contributed by atoms with Crippen molar-refractivity contribution in [1.29, 1.82) is 0 Å². The summed E-state index contributed by atoms with van der Waals surface area (Å²) in [6, 6.07) is 5.56. The molecule has 1 aromatic heterocycles. The van der Waals surface area contributed by atoms with E-state index in [1.165, 1.54) is 6.07 Å². The molecule has 1 N–H and O–H groups in total. The van der Waals surface area contributed by atoms with E-state index in [1.54, 1.807) is 12.3 Å². The summed E-state index contributed by atoms with van der Waals surface area (Å²) >= 11 is 0. The Balaban J connectivity index is 2.39. The number of hydrogen-bond donors (Lipinski definition) is 1. The van der Waals surface area contributed by atoms with Gasteiger partial charge in [-0.2, -0.15) is 5.10 Å². The summed E-state index contributed by atoms with van der Waals surface area (Å²) in [5.74, 6) is 0. The van der Waals surface area contributed by atoms with Crippen molar-refractivity contribution >= 4 is 5.69 Å². The van der Waals surface area contributed by atoms with E-state index in [-0.39, 0.29) is 17.6 Å². The highest BCUT2D eigenvalue weighted by Gasteiger charge is 2.17. The van der Waals surface area contributed by atoms with Gasteiger partial charge in [0.25, 0.3) is 6.43 Å². The average Bonchev–Trinajstić information content (AvgIpc) is 2.95. The van der Waals surface area contributed by atoms with E-state index in [4.69, 9.17) is 0 Å². The molecule has 0 aliphatic heterocycles. The van der Waals surface area contributed by atoms with Crippen LogP contribution in [-0.4, -0.2) is 15.8 Å². The molecule has 0 amide bonds. The molecule has 2 aromatic rings. The van der Waals surface area contributed by atoms with Crippen molar-refractivity contribution < 1.29 is 8.78 Å². The van der Waals surface area contributed by atoms with Crippen LogP contribution in [0.5, 0.6) is 0 Å². The molecule has 0 fully saturated rings. The second-order valence-corrected chi connectivity index (χ2v) is 5.87. The third kappa shape index (κ3) is 3.64. The molecule has 0 saturated carbocycles. The van der Waals surface area contributed by atoms with Gasteiger partial charge in [-0.3, -0.25) is 4.68 Å². The van der Waals surface area contributed by atoms with Gasteiger partial charge >= 0.3 is 0 Å². The third-order valence-electron chi connectivity index (χ3n) is 3.70. The highest BCUT2D eigenvalue weighted by atomic mass is 19.3. The Hall–Kier alpha value is -1.91. The quantitative estimate of drug-likeness (QED) is 0.787. The smallest absolute Gasteiger partial charge is 0.264 e. The highest BCUT2D eigenvalue weighted by molar-refractivity contribution is 5.69. The SMILES string of the molecule is CCC(C)n1cc(-c2ccc(NC(C)C)cc2C(F)F)cn1. The Morgan fingerprint density at radius 2 is 1.95 bits per heavy atom. The summed E-state index contributed by atoms with van der Waals surface area (Å²) in [4.78, 5) is 0. The number of nitrogens with one attached hydrogen (secondary N) is 1. The maximum atomic E-state index is 13.4. The standard InChI is InChI=1S/C17H23F2N3/c1-5-12(4)22-10-13(9-20-22)15-7-6-14(21-11(2)3)8-16(15)17(18)19/h6-12,17,21H,5H2,1-4H3. The van der Waals surface area contributed by atoms with Gasteiger partial charge in [0.1, 0.15) is 0 Å². The summed E-state index contributed by atoms with van der Waals surface area (Å²) in [6.45, 7) is 8.09. The first-order chi connectivity index (χ1) is 10.4. The number of aromatic nitrogens is 2. The van der Waals surface area contributed by atoms with Crippen molar-refractivity contribution in [1.82, 2.24) is 9.78 Å². The molecule has 0 bridgehead atoms. The van der Waals surface area contributed by atoms with E-state index in [2.05, 4.69) is 24.3 Å². The van der Waals surface area contributed by atoms with Crippen LogP contribution in [0.2, 0.25) is 0 Å². The van der Waals surface area contributed by atoms with Gasteiger partial charge in [-0.05, 0) is 44.9 Å². The van der Waals surface area contributed by atoms with Crippen molar-refractivity contribution in [2.75, 3.05) is 5.32 Å². The summed E-state index contributed by atoms with van der Waals surface area (Å²) in [6.07, 6.45) is 1.92. The molecule has 0 spiro atoms. The van der Waals surface area contributed by atoms with Crippen LogP contribution in [0, 0.1) is 0 Å². The normalized spacial score (nSPS) is 12.9. The fourth-order valence-electron chi connectivity index (χ4n) is 2.33. The van der Waals surface area contributed by atoms with Crippen LogP contribution in [0.1, 0.15) is 52.1 Å². The van der Waals surface area contributed by atoms with Crippen LogP contribution in [0.3, 0.4) is 0 Å². The molecule has 1 heterocycles. The van der Waals surface area contributed by atoms with Gasteiger partial charge in [0.2, 0.25) is 0 Å². The van der Waals surface area contributed by atoms with E-state index in [0.29, 0.717) is 11.3 Å². The molecule has 0 radical (unpaired) electrons. The van der Waals surface area contributed by atoms with Gasteiger partial charge in [-0.15, -0.1) is 0 Å². The monoisotopic (exact) mass is 307 g/mol. The van der Waals surface area contributed by atoms with Crippen LogP contribution in [0.4, 0.5) is 14.5 Å². The maximum absolute atomic E-state index is 13.4. The van der Waals surface area contributed by atoms with Crippen molar-refractivity contribution in [3.63, 3.8) is 0 Å². The van der Waals surface area contributed by atoms with Crippen molar-refractivity contribution in [3.8, 4) is 11.1 Å². The molecule has 1 aromatic carbocycles. The fourth-order valence-corrected chi connectivity index (χ4v) is 2.33. The zero-order valence-electron chi connectivity index (χ0n) is 13.5.